The largest absolute Gasteiger partial charge is 0.507 e. The van der Waals surface area contributed by atoms with Crippen molar-refractivity contribution in [2.24, 2.45) is 0 Å². The highest BCUT2D eigenvalue weighted by Crippen LogP contribution is 2.15. The van der Waals surface area contributed by atoms with Gasteiger partial charge < -0.3 is 36.0 Å². The molecule has 0 fully saturated rings. The molecule has 0 spiro atoms. The van der Waals surface area contributed by atoms with Gasteiger partial charge in [-0.3, -0.25) is 4.79 Å². The molecule has 8 nitrogen and oxygen atoms in total. The van der Waals surface area contributed by atoms with E-state index in [1.54, 1.807) is 6.07 Å². The van der Waals surface area contributed by atoms with E-state index in [0.29, 0.717) is 0 Å². The highest BCUT2D eigenvalue weighted by molar-refractivity contribution is 5.96. The molecule has 7 N–H and O–H groups in total. The SMILES string of the molecule is O=C(NCC(O)C(O)C(O)C(O)CO)c1ccccc1O. The van der Waals surface area contributed by atoms with Gasteiger partial charge in [0, 0.05) is 6.54 Å². The van der Waals surface area contributed by atoms with Crippen LogP contribution in [0.5, 0.6) is 5.75 Å². The zero-order valence-corrected chi connectivity index (χ0v) is 11.1. The molecule has 0 saturated carbocycles. The average molecular weight is 301 g/mol. The van der Waals surface area contributed by atoms with Crippen LogP contribution in [-0.4, -0.2) is 74.1 Å². The van der Waals surface area contributed by atoms with Gasteiger partial charge in [0.05, 0.1) is 18.3 Å². The lowest BCUT2D eigenvalue weighted by atomic mass is 10.0. The third kappa shape index (κ3) is 4.66. The van der Waals surface area contributed by atoms with E-state index in [2.05, 4.69) is 5.32 Å². The topological polar surface area (TPSA) is 150 Å². The fourth-order valence-electron chi connectivity index (χ4n) is 1.64. The van der Waals surface area contributed by atoms with Crippen LogP contribution in [0.1, 0.15) is 10.4 Å². The van der Waals surface area contributed by atoms with E-state index in [1.165, 1.54) is 18.2 Å². The third-order valence-electron chi connectivity index (χ3n) is 2.95. The van der Waals surface area contributed by atoms with Crippen LogP contribution in [0.3, 0.4) is 0 Å². The number of hydrogen-bond donors (Lipinski definition) is 7. The molecular formula is C13H19NO7. The van der Waals surface area contributed by atoms with Gasteiger partial charge >= 0.3 is 0 Å². The fraction of sp³-hybridized carbons (Fsp3) is 0.462. The van der Waals surface area contributed by atoms with Gasteiger partial charge in [-0.1, -0.05) is 12.1 Å². The number of aliphatic hydroxyl groups excluding tert-OH is 5. The Hall–Kier alpha value is -1.71. The second-order valence-corrected chi connectivity index (χ2v) is 4.53. The predicted molar refractivity (Wildman–Crippen MR) is 71.6 cm³/mol. The van der Waals surface area contributed by atoms with Crippen molar-refractivity contribution >= 4 is 5.91 Å². The lowest BCUT2D eigenvalue weighted by Gasteiger charge is -2.25. The van der Waals surface area contributed by atoms with Crippen LogP contribution in [0, 0.1) is 0 Å². The van der Waals surface area contributed by atoms with E-state index in [0.717, 1.165) is 0 Å². The van der Waals surface area contributed by atoms with Gasteiger partial charge in [0.15, 0.2) is 0 Å². The Kier molecular flexibility index (Phi) is 6.53. The smallest absolute Gasteiger partial charge is 0.255 e. The van der Waals surface area contributed by atoms with Crippen LogP contribution in [0.2, 0.25) is 0 Å². The first-order valence-corrected chi connectivity index (χ1v) is 6.27. The Balaban J connectivity index is 2.55. The zero-order chi connectivity index (χ0) is 16.0. The minimum Gasteiger partial charge on any atom is -0.507 e. The van der Waals surface area contributed by atoms with Crippen molar-refractivity contribution in [3.63, 3.8) is 0 Å². The summed E-state index contributed by atoms with van der Waals surface area (Å²) >= 11 is 0. The molecule has 8 heteroatoms. The molecule has 1 rings (SSSR count). The maximum atomic E-state index is 11.7. The van der Waals surface area contributed by atoms with Crippen LogP contribution in [0.4, 0.5) is 0 Å². The second kappa shape index (κ2) is 7.91. The molecule has 0 heterocycles. The maximum Gasteiger partial charge on any atom is 0.255 e. The number of amides is 1. The summed E-state index contributed by atoms with van der Waals surface area (Å²) in [5.74, 6) is -0.905. The van der Waals surface area contributed by atoms with Gasteiger partial charge in [0.25, 0.3) is 5.91 Å². The molecule has 0 saturated heterocycles. The first-order chi connectivity index (χ1) is 9.88. The number of hydrogen-bond acceptors (Lipinski definition) is 7. The zero-order valence-electron chi connectivity index (χ0n) is 11.1. The van der Waals surface area contributed by atoms with E-state index in [1.807, 2.05) is 0 Å². The fourth-order valence-corrected chi connectivity index (χ4v) is 1.64. The Morgan fingerprint density at radius 1 is 1.05 bits per heavy atom. The van der Waals surface area contributed by atoms with E-state index in [-0.39, 0.29) is 11.3 Å². The first-order valence-electron chi connectivity index (χ1n) is 6.27. The number of phenolic OH excluding ortho intramolecular Hbond substituents is 1. The van der Waals surface area contributed by atoms with Crippen molar-refractivity contribution in [1.82, 2.24) is 5.32 Å². The molecule has 118 valence electrons. The van der Waals surface area contributed by atoms with Crippen LogP contribution < -0.4 is 5.32 Å². The molecule has 0 aromatic heterocycles. The van der Waals surface area contributed by atoms with E-state index in [9.17, 15) is 25.2 Å². The summed E-state index contributed by atoms with van der Waals surface area (Å²) in [7, 11) is 0. The number of rotatable bonds is 7. The van der Waals surface area contributed by atoms with Crippen LogP contribution in [-0.2, 0) is 0 Å². The quantitative estimate of drug-likeness (QED) is 0.295. The molecule has 4 unspecified atom stereocenters. The van der Waals surface area contributed by atoms with Crippen molar-refractivity contribution in [1.29, 1.82) is 0 Å². The van der Waals surface area contributed by atoms with E-state index in [4.69, 9.17) is 10.2 Å². The molecule has 0 aliphatic rings. The van der Waals surface area contributed by atoms with Gasteiger partial charge in [-0.25, -0.2) is 0 Å². The predicted octanol–water partition coefficient (Wildman–Crippen LogP) is -2.44. The van der Waals surface area contributed by atoms with Crippen molar-refractivity contribution in [3.8, 4) is 5.75 Å². The number of nitrogens with one attached hydrogen (secondary N) is 1. The summed E-state index contributed by atoms with van der Waals surface area (Å²) in [4.78, 5) is 11.7. The van der Waals surface area contributed by atoms with Crippen molar-refractivity contribution in [2.45, 2.75) is 24.4 Å². The number of benzene rings is 1. The van der Waals surface area contributed by atoms with Crippen molar-refractivity contribution in [2.75, 3.05) is 13.2 Å². The monoisotopic (exact) mass is 301 g/mol. The summed E-state index contributed by atoms with van der Waals surface area (Å²) in [6.45, 7) is -1.20. The summed E-state index contributed by atoms with van der Waals surface area (Å²) in [6, 6.07) is 5.78. The Morgan fingerprint density at radius 2 is 1.62 bits per heavy atom. The van der Waals surface area contributed by atoms with E-state index < -0.39 is 43.5 Å². The Bertz CT molecular complexity index is 468. The van der Waals surface area contributed by atoms with Crippen molar-refractivity contribution < 1.29 is 35.4 Å². The molecule has 4 atom stereocenters. The minimum absolute atomic E-state index is 0.00451. The van der Waals surface area contributed by atoms with E-state index >= 15 is 0 Å². The summed E-state index contributed by atoms with van der Waals surface area (Å²) in [5.41, 5.74) is -0.00451. The molecule has 0 bridgehead atoms. The minimum atomic E-state index is -1.76. The molecular weight excluding hydrogens is 282 g/mol. The molecule has 1 amide bonds. The first kappa shape index (κ1) is 17.3. The highest BCUT2D eigenvalue weighted by Gasteiger charge is 2.30. The van der Waals surface area contributed by atoms with Gasteiger partial charge in [0.1, 0.15) is 24.1 Å². The molecule has 0 aliphatic carbocycles. The number of para-hydroxylation sites is 1. The van der Waals surface area contributed by atoms with Gasteiger partial charge in [-0.05, 0) is 12.1 Å². The molecule has 1 aromatic carbocycles. The lowest BCUT2D eigenvalue weighted by molar-refractivity contribution is -0.113. The van der Waals surface area contributed by atoms with Crippen LogP contribution in [0.25, 0.3) is 0 Å². The Labute approximate surface area is 120 Å². The number of carbonyl (C=O) groups is 1. The lowest BCUT2D eigenvalue weighted by Crippen LogP contribution is -2.49. The number of aromatic hydroxyl groups is 1. The normalized spacial score (nSPS) is 16.8. The summed E-state index contributed by atoms with van der Waals surface area (Å²) < 4.78 is 0. The van der Waals surface area contributed by atoms with Gasteiger partial charge in [-0.2, -0.15) is 0 Å². The number of aliphatic hydroxyl groups is 5. The highest BCUT2D eigenvalue weighted by atomic mass is 16.4. The number of phenols is 1. The van der Waals surface area contributed by atoms with Gasteiger partial charge in [0.2, 0.25) is 0 Å². The third-order valence-corrected chi connectivity index (χ3v) is 2.95. The number of carbonyl (C=O) groups excluding carboxylic acids is 1. The Morgan fingerprint density at radius 3 is 2.19 bits per heavy atom. The molecule has 1 aromatic rings. The second-order valence-electron chi connectivity index (χ2n) is 4.53. The van der Waals surface area contributed by atoms with Crippen molar-refractivity contribution in [3.05, 3.63) is 29.8 Å². The summed E-state index contributed by atoms with van der Waals surface area (Å²) in [6.07, 6.45) is -6.68. The standard InChI is InChI=1S/C13H19NO7/c15-6-10(18)12(20)11(19)9(17)5-14-13(21)7-3-1-2-4-8(7)16/h1-4,9-12,15-20H,5-6H2,(H,14,21). The molecule has 21 heavy (non-hydrogen) atoms. The molecule has 0 aliphatic heterocycles. The van der Waals surface area contributed by atoms with Gasteiger partial charge in [-0.15, -0.1) is 0 Å². The average Bonchev–Trinajstić information content (AvgIpc) is 2.50. The summed E-state index contributed by atoms with van der Waals surface area (Å²) in [5, 5.41) is 58.1. The molecule has 0 radical (unpaired) electrons. The maximum absolute atomic E-state index is 11.7. The van der Waals surface area contributed by atoms with Crippen LogP contribution in [0.15, 0.2) is 24.3 Å². The van der Waals surface area contributed by atoms with Crippen LogP contribution >= 0.6 is 0 Å².